The zero-order valence-corrected chi connectivity index (χ0v) is 16.0. The van der Waals surface area contributed by atoms with Crippen LogP contribution in [0, 0.1) is 6.92 Å². The topological polar surface area (TPSA) is 85.4 Å². The normalized spacial score (nSPS) is 10.2. The van der Waals surface area contributed by atoms with Crippen LogP contribution in [0.2, 0.25) is 0 Å². The third-order valence-electron chi connectivity index (χ3n) is 4.26. The fraction of sp³-hybridized carbons (Fsp3) is 0.190. The molecule has 0 saturated carbocycles. The Morgan fingerprint density at radius 1 is 1.00 bits per heavy atom. The lowest BCUT2D eigenvalue weighted by atomic mass is 10.1. The first-order valence-electron chi connectivity index (χ1n) is 8.74. The summed E-state index contributed by atoms with van der Waals surface area (Å²) >= 11 is 0. The van der Waals surface area contributed by atoms with Crippen molar-refractivity contribution in [2.75, 3.05) is 19.5 Å². The Morgan fingerprint density at radius 3 is 2.54 bits per heavy atom. The number of aryl methyl sites for hydroxylation is 1. The first-order chi connectivity index (χ1) is 13.6. The maximum Gasteiger partial charge on any atom is 0.270 e. The number of hydrogen-bond donors (Lipinski definition) is 2. The highest BCUT2D eigenvalue weighted by Crippen LogP contribution is 2.30. The number of carbonyl (C=O) groups excluding carboxylic acids is 1. The van der Waals surface area contributed by atoms with Crippen molar-refractivity contribution in [2.24, 2.45) is 0 Å². The summed E-state index contributed by atoms with van der Waals surface area (Å²) < 4.78 is 10.5. The molecule has 0 spiro atoms. The van der Waals surface area contributed by atoms with Gasteiger partial charge >= 0.3 is 0 Å². The van der Waals surface area contributed by atoms with Crippen LogP contribution in [0.1, 0.15) is 21.6 Å². The Morgan fingerprint density at radius 2 is 1.79 bits per heavy atom. The van der Waals surface area contributed by atoms with E-state index in [1.807, 2.05) is 37.3 Å². The number of aromatic nitrogens is 2. The average Bonchev–Trinajstić information content (AvgIpc) is 2.73. The second-order valence-corrected chi connectivity index (χ2v) is 6.09. The van der Waals surface area contributed by atoms with Crippen molar-refractivity contribution in [1.82, 2.24) is 15.3 Å². The predicted octanol–water partition coefficient (Wildman–Crippen LogP) is 3.48. The Balaban J connectivity index is 1.70. The van der Waals surface area contributed by atoms with Gasteiger partial charge in [-0.05, 0) is 30.2 Å². The predicted molar refractivity (Wildman–Crippen MR) is 107 cm³/mol. The molecule has 0 unspecified atom stereocenters. The molecule has 0 aliphatic rings. The van der Waals surface area contributed by atoms with Gasteiger partial charge in [-0.3, -0.25) is 4.79 Å². The van der Waals surface area contributed by atoms with Crippen LogP contribution in [0.4, 0.5) is 11.5 Å². The van der Waals surface area contributed by atoms with Crippen molar-refractivity contribution in [2.45, 2.75) is 13.5 Å². The van der Waals surface area contributed by atoms with Crippen molar-refractivity contribution >= 4 is 17.4 Å². The molecule has 28 heavy (non-hydrogen) atoms. The lowest BCUT2D eigenvalue weighted by Gasteiger charge is -2.11. The van der Waals surface area contributed by atoms with E-state index in [-0.39, 0.29) is 11.6 Å². The molecule has 2 aromatic carbocycles. The maximum atomic E-state index is 12.5. The van der Waals surface area contributed by atoms with Crippen LogP contribution in [0.3, 0.4) is 0 Å². The third-order valence-corrected chi connectivity index (χ3v) is 4.26. The molecule has 144 valence electrons. The molecule has 0 atom stereocenters. The molecule has 1 amide bonds. The van der Waals surface area contributed by atoms with Crippen molar-refractivity contribution in [3.8, 4) is 11.5 Å². The molecule has 3 aromatic rings. The van der Waals surface area contributed by atoms with Gasteiger partial charge in [-0.1, -0.05) is 24.3 Å². The second-order valence-electron chi connectivity index (χ2n) is 6.09. The fourth-order valence-corrected chi connectivity index (χ4v) is 2.69. The fourth-order valence-electron chi connectivity index (χ4n) is 2.69. The van der Waals surface area contributed by atoms with Gasteiger partial charge in [-0.25, -0.2) is 9.97 Å². The van der Waals surface area contributed by atoms with Gasteiger partial charge in [0.25, 0.3) is 5.91 Å². The number of nitrogens with one attached hydrogen (secondary N) is 2. The first kappa shape index (κ1) is 19.2. The summed E-state index contributed by atoms with van der Waals surface area (Å²) in [5, 5.41) is 6.03. The number of benzene rings is 2. The van der Waals surface area contributed by atoms with Crippen LogP contribution in [0.25, 0.3) is 0 Å². The molecule has 3 rings (SSSR count). The molecule has 0 radical (unpaired) electrons. The number of methoxy groups -OCH3 is 2. The van der Waals surface area contributed by atoms with Crippen LogP contribution in [-0.4, -0.2) is 30.1 Å². The summed E-state index contributed by atoms with van der Waals surface area (Å²) in [4.78, 5) is 20.7. The van der Waals surface area contributed by atoms with Crippen LogP contribution in [-0.2, 0) is 6.54 Å². The number of anilines is 2. The van der Waals surface area contributed by atoms with E-state index in [0.717, 1.165) is 16.8 Å². The summed E-state index contributed by atoms with van der Waals surface area (Å²) in [6.07, 6.45) is 1.35. The van der Waals surface area contributed by atoms with Crippen molar-refractivity contribution in [3.63, 3.8) is 0 Å². The van der Waals surface area contributed by atoms with Gasteiger partial charge in [-0.2, -0.15) is 0 Å². The molecule has 2 N–H and O–H groups in total. The third kappa shape index (κ3) is 4.56. The molecule has 7 heteroatoms. The van der Waals surface area contributed by atoms with Crippen LogP contribution < -0.4 is 20.1 Å². The standard InChI is InChI=1S/C21H22N4O3/c1-14-6-4-5-7-15(14)12-22-21(26)17-11-20(24-13-23-17)25-16-8-9-18(27-2)19(10-16)28-3/h4-11,13H,12H2,1-3H3,(H,22,26)(H,23,24,25). The van der Waals surface area contributed by atoms with Gasteiger partial charge < -0.3 is 20.1 Å². The number of nitrogens with zero attached hydrogens (tertiary/aromatic N) is 2. The summed E-state index contributed by atoms with van der Waals surface area (Å²) in [6, 6.07) is 14.9. The zero-order chi connectivity index (χ0) is 19.9. The van der Waals surface area contributed by atoms with Gasteiger partial charge in [-0.15, -0.1) is 0 Å². The second kappa shape index (κ2) is 8.85. The summed E-state index contributed by atoms with van der Waals surface area (Å²) in [5.41, 5.74) is 3.23. The number of rotatable bonds is 7. The van der Waals surface area contributed by atoms with Crippen LogP contribution >= 0.6 is 0 Å². The van der Waals surface area contributed by atoms with Gasteiger partial charge in [0.05, 0.1) is 14.2 Å². The lowest BCUT2D eigenvalue weighted by Crippen LogP contribution is -2.24. The molecule has 0 saturated heterocycles. The molecular weight excluding hydrogens is 356 g/mol. The van der Waals surface area contributed by atoms with Crippen LogP contribution in [0.15, 0.2) is 54.9 Å². The van der Waals surface area contributed by atoms with E-state index in [0.29, 0.717) is 23.9 Å². The monoisotopic (exact) mass is 378 g/mol. The number of carbonyl (C=O) groups is 1. The summed E-state index contributed by atoms with van der Waals surface area (Å²) in [6.45, 7) is 2.45. The average molecular weight is 378 g/mol. The largest absolute Gasteiger partial charge is 0.493 e. The van der Waals surface area contributed by atoms with Crippen molar-refractivity contribution in [3.05, 3.63) is 71.7 Å². The Kier molecular flexibility index (Phi) is 6.06. The van der Waals surface area contributed by atoms with E-state index in [2.05, 4.69) is 20.6 Å². The lowest BCUT2D eigenvalue weighted by molar-refractivity contribution is 0.0945. The zero-order valence-electron chi connectivity index (χ0n) is 16.0. The van der Waals surface area contributed by atoms with Gasteiger partial charge in [0.2, 0.25) is 0 Å². The van der Waals surface area contributed by atoms with Crippen molar-refractivity contribution < 1.29 is 14.3 Å². The highest BCUT2D eigenvalue weighted by Gasteiger charge is 2.10. The number of amides is 1. The Bertz CT molecular complexity index is 975. The van der Waals surface area contributed by atoms with Crippen LogP contribution in [0.5, 0.6) is 11.5 Å². The molecule has 0 aliphatic carbocycles. The van der Waals surface area contributed by atoms with E-state index >= 15 is 0 Å². The van der Waals surface area contributed by atoms with E-state index < -0.39 is 0 Å². The molecule has 1 heterocycles. The SMILES string of the molecule is COc1ccc(Nc2cc(C(=O)NCc3ccccc3C)ncn2)cc1OC. The Hall–Kier alpha value is -3.61. The highest BCUT2D eigenvalue weighted by atomic mass is 16.5. The molecule has 0 bridgehead atoms. The van der Waals surface area contributed by atoms with E-state index in [1.165, 1.54) is 6.33 Å². The van der Waals surface area contributed by atoms with E-state index in [9.17, 15) is 4.79 Å². The summed E-state index contributed by atoms with van der Waals surface area (Å²) in [5.74, 6) is 1.47. The summed E-state index contributed by atoms with van der Waals surface area (Å²) in [7, 11) is 3.15. The highest BCUT2D eigenvalue weighted by molar-refractivity contribution is 5.93. The Labute approximate surface area is 163 Å². The molecular formula is C21H22N4O3. The molecule has 0 fully saturated rings. The number of hydrogen-bond acceptors (Lipinski definition) is 6. The molecule has 1 aromatic heterocycles. The first-order valence-corrected chi connectivity index (χ1v) is 8.74. The maximum absolute atomic E-state index is 12.5. The smallest absolute Gasteiger partial charge is 0.270 e. The van der Waals surface area contributed by atoms with E-state index in [4.69, 9.17) is 9.47 Å². The van der Waals surface area contributed by atoms with Gasteiger partial charge in [0, 0.05) is 24.4 Å². The molecule has 0 aliphatic heterocycles. The number of ether oxygens (including phenoxy) is 2. The molecule has 7 nitrogen and oxygen atoms in total. The minimum absolute atomic E-state index is 0.263. The quantitative estimate of drug-likeness (QED) is 0.655. The van der Waals surface area contributed by atoms with Gasteiger partial charge in [0.1, 0.15) is 17.8 Å². The minimum Gasteiger partial charge on any atom is -0.493 e. The van der Waals surface area contributed by atoms with Gasteiger partial charge in [0.15, 0.2) is 11.5 Å². The van der Waals surface area contributed by atoms with E-state index in [1.54, 1.807) is 32.4 Å². The van der Waals surface area contributed by atoms with Crippen molar-refractivity contribution in [1.29, 1.82) is 0 Å². The minimum atomic E-state index is -0.263.